The van der Waals surface area contributed by atoms with Gasteiger partial charge in [0.05, 0.1) is 18.0 Å². The minimum Gasteiger partial charge on any atom is -0.465 e. The number of nitrogens with one attached hydrogen (secondary N) is 1. The van der Waals surface area contributed by atoms with Crippen molar-refractivity contribution in [2.24, 2.45) is 44.8 Å². The Morgan fingerprint density at radius 1 is 1.05 bits per heavy atom. The van der Waals surface area contributed by atoms with E-state index in [0.717, 1.165) is 69.5 Å². The summed E-state index contributed by atoms with van der Waals surface area (Å²) in [5.74, 6) is 0.995. The van der Waals surface area contributed by atoms with E-state index in [1.54, 1.807) is 7.11 Å². The molecule has 0 aromatic heterocycles. The van der Waals surface area contributed by atoms with Crippen molar-refractivity contribution in [2.75, 3.05) is 26.8 Å². The topological polar surface area (TPSA) is 98.6 Å². The maximum absolute atomic E-state index is 13.1. The first-order chi connectivity index (χ1) is 19.4. The summed E-state index contributed by atoms with van der Waals surface area (Å²) in [6.07, 6.45) is 6.88. The summed E-state index contributed by atoms with van der Waals surface area (Å²) in [5, 5.41) is 12.9. The van der Waals surface area contributed by atoms with Crippen LogP contribution in [0.3, 0.4) is 0 Å². The van der Waals surface area contributed by atoms with Crippen LogP contribution >= 0.6 is 0 Å². The van der Waals surface area contributed by atoms with Crippen LogP contribution in [0.4, 0.5) is 0 Å². The summed E-state index contributed by atoms with van der Waals surface area (Å²) in [4.78, 5) is 37.0. The third-order valence-corrected chi connectivity index (χ3v) is 11.1. The summed E-state index contributed by atoms with van der Waals surface area (Å²) in [6, 6.07) is 10.5. The number of nitrogens with zero attached hydrogens (tertiary/aromatic N) is 2. The minimum absolute atomic E-state index is 0.0466. The van der Waals surface area contributed by atoms with Crippen LogP contribution in [0.1, 0.15) is 76.7 Å². The fourth-order valence-corrected chi connectivity index (χ4v) is 9.29. The molecule has 216 valence electrons. The number of carbonyl (C=O) groups excluding carboxylic acids is 2. The lowest BCUT2D eigenvalue weighted by Gasteiger charge is -2.61. The molecule has 1 aliphatic heterocycles. The Morgan fingerprint density at radius 2 is 1.88 bits per heavy atom. The summed E-state index contributed by atoms with van der Waals surface area (Å²) < 4.78 is 5.95. The summed E-state index contributed by atoms with van der Waals surface area (Å²) in [7, 11) is 1.61. The van der Waals surface area contributed by atoms with E-state index in [0.29, 0.717) is 36.6 Å². The molecule has 1 N–H and O–H groups in total. The molecule has 1 aromatic rings. The second-order valence-electron chi connectivity index (χ2n) is 12.9. The molecule has 0 amide bonds. The summed E-state index contributed by atoms with van der Waals surface area (Å²) in [6.45, 7) is 5.79. The molecular formula is C32H43N3O5. The Bertz CT molecular complexity index is 1180. The van der Waals surface area contributed by atoms with E-state index in [-0.39, 0.29) is 34.7 Å². The molecule has 8 atom stereocenters. The van der Waals surface area contributed by atoms with Gasteiger partial charge in [0.1, 0.15) is 19.0 Å². The molecule has 5 aliphatic rings. The van der Waals surface area contributed by atoms with Crippen molar-refractivity contribution in [2.45, 2.75) is 77.2 Å². The van der Waals surface area contributed by atoms with Crippen molar-refractivity contribution in [3.05, 3.63) is 35.9 Å². The molecule has 8 unspecified atom stereocenters. The molecule has 1 saturated heterocycles. The predicted octanol–water partition coefficient (Wildman–Crippen LogP) is 4.88. The third kappa shape index (κ3) is 4.56. The van der Waals surface area contributed by atoms with Crippen LogP contribution in [-0.4, -0.2) is 56.1 Å². The number of Topliss-reactive ketones (excluding diaryl/α,β-unsaturated/α-hetero) is 1. The highest BCUT2D eigenvalue weighted by Gasteiger charge is 2.65. The molecule has 5 fully saturated rings. The number of ketones is 1. The number of rotatable bonds is 6. The predicted molar refractivity (Wildman–Crippen MR) is 152 cm³/mol. The highest BCUT2D eigenvalue weighted by molar-refractivity contribution is 6.00. The Balaban J connectivity index is 1.47. The zero-order chi connectivity index (χ0) is 27.9. The molecule has 6 rings (SSSR count). The van der Waals surface area contributed by atoms with Crippen LogP contribution in [0, 0.1) is 34.5 Å². The van der Waals surface area contributed by atoms with E-state index in [9.17, 15) is 9.59 Å². The molecule has 0 radical (unpaired) electrons. The van der Waals surface area contributed by atoms with Crippen molar-refractivity contribution in [1.29, 1.82) is 0 Å². The molecule has 1 aromatic carbocycles. The zero-order valence-electron chi connectivity index (χ0n) is 24.1. The van der Waals surface area contributed by atoms with Gasteiger partial charge in [-0.3, -0.25) is 9.59 Å². The fourth-order valence-electron chi connectivity index (χ4n) is 9.29. The fraction of sp³-hybridized carbons (Fsp3) is 0.688. The second-order valence-corrected chi connectivity index (χ2v) is 12.9. The van der Waals surface area contributed by atoms with E-state index in [1.807, 2.05) is 6.07 Å². The van der Waals surface area contributed by atoms with Gasteiger partial charge in [0.15, 0.2) is 0 Å². The van der Waals surface area contributed by atoms with Gasteiger partial charge in [-0.2, -0.15) is 0 Å². The van der Waals surface area contributed by atoms with Crippen molar-refractivity contribution in [3.8, 4) is 0 Å². The lowest BCUT2D eigenvalue weighted by atomic mass is 9.42. The molecule has 4 saturated carbocycles. The van der Waals surface area contributed by atoms with Crippen LogP contribution in [0.2, 0.25) is 0 Å². The minimum atomic E-state index is -0.326. The van der Waals surface area contributed by atoms with Gasteiger partial charge in [0.2, 0.25) is 0 Å². The first-order valence-electron chi connectivity index (χ1n) is 15.1. The monoisotopic (exact) mass is 549 g/mol. The van der Waals surface area contributed by atoms with Gasteiger partial charge in [-0.25, -0.2) is 0 Å². The average molecular weight is 550 g/mol. The first-order valence-corrected chi connectivity index (χ1v) is 15.1. The molecule has 40 heavy (non-hydrogen) atoms. The maximum atomic E-state index is 13.1. The van der Waals surface area contributed by atoms with E-state index in [1.165, 1.54) is 12.5 Å². The number of benzene rings is 1. The van der Waals surface area contributed by atoms with Crippen molar-refractivity contribution < 1.29 is 24.0 Å². The first kappa shape index (κ1) is 27.4. The Morgan fingerprint density at radius 3 is 2.60 bits per heavy atom. The number of hydrogen-bond donors (Lipinski definition) is 1. The van der Waals surface area contributed by atoms with E-state index < -0.39 is 0 Å². The summed E-state index contributed by atoms with van der Waals surface area (Å²) >= 11 is 0. The highest BCUT2D eigenvalue weighted by atomic mass is 16.6. The van der Waals surface area contributed by atoms with E-state index in [2.05, 4.69) is 36.5 Å². The quantitative estimate of drug-likeness (QED) is 0.401. The number of hydrogen-bond acceptors (Lipinski definition) is 8. The lowest BCUT2D eigenvalue weighted by molar-refractivity contribution is -0.155. The van der Waals surface area contributed by atoms with Crippen molar-refractivity contribution >= 4 is 23.2 Å². The van der Waals surface area contributed by atoms with Gasteiger partial charge < -0.3 is 19.7 Å². The normalized spacial score (nSPS) is 40.8. The lowest BCUT2D eigenvalue weighted by Crippen LogP contribution is -2.61. The number of fused-ring (bicyclic) bond motifs is 5. The van der Waals surface area contributed by atoms with Crippen molar-refractivity contribution in [1.82, 2.24) is 5.32 Å². The Kier molecular flexibility index (Phi) is 7.49. The van der Waals surface area contributed by atoms with E-state index in [4.69, 9.17) is 24.7 Å². The number of esters is 1. The van der Waals surface area contributed by atoms with Gasteiger partial charge in [-0.15, -0.1) is 0 Å². The average Bonchev–Trinajstić information content (AvgIpc) is 3.59. The van der Waals surface area contributed by atoms with Crippen LogP contribution in [-0.2, 0) is 24.0 Å². The SMILES string of the molecule is CON=C1CC2C3CCC(=O)C3(C)CCC2C2(COC(C)=O)CCC(=NOC3CCNC3)C(c3ccccc3)C12. The number of carbonyl (C=O) groups is 2. The second kappa shape index (κ2) is 10.9. The van der Waals surface area contributed by atoms with Crippen LogP contribution < -0.4 is 5.32 Å². The molecule has 0 bridgehead atoms. The van der Waals surface area contributed by atoms with Crippen molar-refractivity contribution in [3.63, 3.8) is 0 Å². The third-order valence-electron chi connectivity index (χ3n) is 11.1. The molecule has 8 heteroatoms. The Hall–Kier alpha value is -2.74. The number of oxime groups is 2. The van der Waals surface area contributed by atoms with E-state index >= 15 is 0 Å². The summed E-state index contributed by atoms with van der Waals surface area (Å²) in [5.41, 5.74) is 2.61. The van der Waals surface area contributed by atoms with Crippen LogP contribution in [0.15, 0.2) is 40.6 Å². The zero-order valence-corrected chi connectivity index (χ0v) is 24.1. The van der Waals surface area contributed by atoms with Gasteiger partial charge in [-0.05, 0) is 68.4 Å². The van der Waals surface area contributed by atoms with Crippen LogP contribution in [0.5, 0.6) is 0 Å². The largest absolute Gasteiger partial charge is 0.465 e. The number of ether oxygens (including phenoxy) is 1. The van der Waals surface area contributed by atoms with Gasteiger partial charge in [-0.1, -0.05) is 47.6 Å². The standard InChI is InChI=1S/C32H43N3O5/c1-20(36)39-19-32-15-12-26(35-40-22-13-16-33-18-22)29(21-7-5-4-6-8-21)30(32)27(34-38-3)17-23-24-9-10-28(37)31(24,2)14-11-25(23)32/h4-8,22-25,29-30,33H,9-19H2,1-3H3. The molecule has 4 aliphatic carbocycles. The maximum Gasteiger partial charge on any atom is 0.302 e. The molecule has 8 nitrogen and oxygen atoms in total. The van der Waals surface area contributed by atoms with Gasteiger partial charge in [0, 0.05) is 49.0 Å². The smallest absolute Gasteiger partial charge is 0.302 e. The van der Waals surface area contributed by atoms with Crippen LogP contribution in [0.25, 0.3) is 0 Å². The molecule has 1 heterocycles. The van der Waals surface area contributed by atoms with Gasteiger partial charge >= 0.3 is 5.97 Å². The molecular weight excluding hydrogens is 506 g/mol. The Labute approximate surface area is 237 Å². The molecule has 0 spiro atoms. The highest BCUT2D eigenvalue weighted by Crippen LogP contribution is 2.66. The van der Waals surface area contributed by atoms with Gasteiger partial charge in [0.25, 0.3) is 0 Å².